The lowest BCUT2D eigenvalue weighted by atomic mass is 9.75. The molecule has 1 aromatic carbocycles. The van der Waals surface area contributed by atoms with Crippen molar-refractivity contribution in [3.05, 3.63) is 35.9 Å². The average Bonchev–Trinajstić information content (AvgIpc) is 2.42. The van der Waals surface area contributed by atoms with Crippen molar-refractivity contribution in [2.24, 2.45) is 5.73 Å². The van der Waals surface area contributed by atoms with Crippen LogP contribution in [0, 0.1) is 0 Å². The maximum Gasteiger partial charge on any atom is 0.224 e. The van der Waals surface area contributed by atoms with E-state index in [2.05, 4.69) is 0 Å². The third-order valence-corrected chi connectivity index (χ3v) is 3.99. The first-order chi connectivity index (χ1) is 9.63. The van der Waals surface area contributed by atoms with Gasteiger partial charge in [0.25, 0.3) is 0 Å². The summed E-state index contributed by atoms with van der Waals surface area (Å²) < 4.78 is 5.11. The number of ether oxygens (including phenoxy) is 1. The fourth-order valence-corrected chi connectivity index (χ4v) is 2.52. The fraction of sp³-hybridized carbons (Fsp3) is 0.562. The SMILES string of the molecule is COCCN(Cc1ccccc1)C(=O)CC1(N)CCC1. The maximum atomic E-state index is 12.5. The van der Waals surface area contributed by atoms with Gasteiger partial charge in [-0.3, -0.25) is 4.79 Å². The molecule has 0 aromatic heterocycles. The molecule has 20 heavy (non-hydrogen) atoms. The van der Waals surface area contributed by atoms with Crippen LogP contribution in [-0.2, 0) is 16.1 Å². The number of hydrogen-bond acceptors (Lipinski definition) is 3. The Balaban J connectivity index is 1.96. The standard InChI is InChI=1S/C16H24N2O2/c1-20-11-10-18(13-14-6-3-2-4-7-14)15(19)12-16(17)8-5-9-16/h2-4,6-7H,5,8-13,17H2,1H3. The number of carbonyl (C=O) groups is 1. The van der Waals surface area contributed by atoms with E-state index < -0.39 is 0 Å². The van der Waals surface area contributed by atoms with E-state index >= 15 is 0 Å². The van der Waals surface area contributed by atoms with Crippen LogP contribution in [0.3, 0.4) is 0 Å². The van der Waals surface area contributed by atoms with Crippen molar-refractivity contribution in [2.75, 3.05) is 20.3 Å². The zero-order chi connectivity index (χ0) is 14.4. The highest BCUT2D eigenvalue weighted by molar-refractivity contribution is 5.77. The van der Waals surface area contributed by atoms with Crippen LogP contribution in [0.15, 0.2) is 30.3 Å². The fourth-order valence-electron chi connectivity index (χ4n) is 2.52. The smallest absolute Gasteiger partial charge is 0.224 e. The summed E-state index contributed by atoms with van der Waals surface area (Å²) >= 11 is 0. The molecule has 0 spiro atoms. The Morgan fingerprint density at radius 2 is 2.05 bits per heavy atom. The number of methoxy groups -OCH3 is 1. The van der Waals surface area contributed by atoms with Crippen molar-refractivity contribution in [3.8, 4) is 0 Å². The number of nitrogens with zero attached hydrogens (tertiary/aromatic N) is 1. The zero-order valence-electron chi connectivity index (χ0n) is 12.2. The van der Waals surface area contributed by atoms with E-state index in [1.165, 1.54) is 0 Å². The Labute approximate surface area is 120 Å². The predicted octanol–water partition coefficient (Wildman–Crippen LogP) is 1.93. The Hall–Kier alpha value is -1.39. The summed E-state index contributed by atoms with van der Waals surface area (Å²) in [5.41, 5.74) is 7.06. The predicted molar refractivity (Wildman–Crippen MR) is 79.1 cm³/mol. The van der Waals surface area contributed by atoms with E-state index in [0.29, 0.717) is 26.1 Å². The average molecular weight is 276 g/mol. The largest absolute Gasteiger partial charge is 0.383 e. The van der Waals surface area contributed by atoms with Gasteiger partial charge in [-0.25, -0.2) is 0 Å². The Bertz CT molecular complexity index is 429. The second-order valence-corrected chi connectivity index (χ2v) is 5.69. The molecule has 110 valence electrons. The normalized spacial score (nSPS) is 16.5. The molecule has 4 heteroatoms. The van der Waals surface area contributed by atoms with Crippen molar-refractivity contribution in [3.63, 3.8) is 0 Å². The van der Waals surface area contributed by atoms with Crippen molar-refractivity contribution in [1.82, 2.24) is 4.90 Å². The van der Waals surface area contributed by atoms with E-state index in [9.17, 15) is 4.79 Å². The van der Waals surface area contributed by atoms with Crippen molar-refractivity contribution in [2.45, 2.75) is 37.8 Å². The quantitative estimate of drug-likeness (QED) is 0.828. The first kappa shape index (κ1) is 15.0. The Kier molecular flexibility index (Phi) is 5.15. The third kappa shape index (κ3) is 4.05. The molecule has 2 rings (SSSR count). The molecule has 0 heterocycles. The van der Waals surface area contributed by atoms with Crippen molar-refractivity contribution < 1.29 is 9.53 Å². The lowest BCUT2D eigenvalue weighted by Gasteiger charge is -2.39. The summed E-state index contributed by atoms with van der Waals surface area (Å²) in [7, 11) is 1.65. The van der Waals surface area contributed by atoms with E-state index in [1.54, 1.807) is 7.11 Å². The molecule has 1 fully saturated rings. The van der Waals surface area contributed by atoms with Crippen LogP contribution in [0.4, 0.5) is 0 Å². The molecule has 1 aliphatic carbocycles. The number of rotatable bonds is 7. The Morgan fingerprint density at radius 1 is 1.35 bits per heavy atom. The minimum atomic E-state index is -0.265. The molecule has 1 aliphatic rings. The van der Waals surface area contributed by atoms with Gasteiger partial charge < -0.3 is 15.4 Å². The molecular formula is C16H24N2O2. The number of hydrogen-bond donors (Lipinski definition) is 1. The van der Waals surface area contributed by atoms with Crippen molar-refractivity contribution in [1.29, 1.82) is 0 Å². The molecular weight excluding hydrogens is 252 g/mol. The minimum absolute atomic E-state index is 0.133. The van der Waals surface area contributed by atoms with Gasteiger partial charge in [0.1, 0.15) is 0 Å². The van der Waals surface area contributed by atoms with E-state index in [4.69, 9.17) is 10.5 Å². The van der Waals surface area contributed by atoms with E-state index in [-0.39, 0.29) is 11.4 Å². The van der Waals surface area contributed by atoms with Crippen LogP contribution in [0.2, 0.25) is 0 Å². The lowest BCUT2D eigenvalue weighted by Crippen LogP contribution is -2.50. The molecule has 0 radical (unpaired) electrons. The maximum absolute atomic E-state index is 12.5. The molecule has 0 unspecified atom stereocenters. The van der Waals surface area contributed by atoms with Crippen molar-refractivity contribution >= 4 is 5.91 Å². The van der Waals surface area contributed by atoms with E-state index in [0.717, 1.165) is 24.8 Å². The van der Waals surface area contributed by atoms with Crippen LogP contribution in [0.5, 0.6) is 0 Å². The molecule has 0 atom stereocenters. The van der Waals surface area contributed by atoms with Gasteiger partial charge in [-0.1, -0.05) is 30.3 Å². The van der Waals surface area contributed by atoms with Gasteiger partial charge in [0, 0.05) is 32.2 Å². The van der Waals surface area contributed by atoms with Gasteiger partial charge in [0.15, 0.2) is 0 Å². The van der Waals surface area contributed by atoms with Gasteiger partial charge in [-0.05, 0) is 24.8 Å². The first-order valence-corrected chi connectivity index (χ1v) is 7.22. The molecule has 0 aliphatic heterocycles. The monoisotopic (exact) mass is 276 g/mol. The highest BCUT2D eigenvalue weighted by Crippen LogP contribution is 2.32. The minimum Gasteiger partial charge on any atom is -0.383 e. The van der Waals surface area contributed by atoms with Crippen LogP contribution < -0.4 is 5.73 Å². The summed E-state index contributed by atoms with van der Waals surface area (Å²) in [6.07, 6.45) is 3.51. The second-order valence-electron chi connectivity index (χ2n) is 5.69. The summed E-state index contributed by atoms with van der Waals surface area (Å²) in [6.45, 7) is 1.79. The van der Waals surface area contributed by atoms with Gasteiger partial charge in [0.05, 0.1) is 6.61 Å². The molecule has 1 amide bonds. The molecule has 0 bridgehead atoms. The highest BCUT2D eigenvalue weighted by atomic mass is 16.5. The van der Waals surface area contributed by atoms with Crippen LogP contribution in [-0.4, -0.2) is 36.6 Å². The molecule has 1 saturated carbocycles. The van der Waals surface area contributed by atoms with E-state index in [1.807, 2.05) is 35.2 Å². The second kappa shape index (κ2) is 6.86. The highest BCUT2D eigenvalue weighted by Gasteiger charge is 2.35. The molecule has 0 saturated heterocycles. The summed E-state index contributed by atoms with van der Waals surface area (Å²) in [5.74, 6) is 0.133. The summed E-state index contributed by atoms with van der Waals surface area (Å²) in [5, 5.41) is 0. The number of nitrogens with two attached hydrogens (primary N) is 1. The van der Waals surface area contributed by atoms with Gasteiger partial charge in [0.2, 0.25) is 5.91 Å². The number of benzene rings is 1. The number of amides is 1. The first-order valence-electron chi connectivity index (χ1n) is 7.22. The number of carbonyl (C=O) groups excluding carboxylic acids is 1. The van der Waals surface area contributed by atoms with Gasteiger partial charge in [-0.2, -0.15) is 0 Å². The topological polar surface area (TPSA) is 55.6 Å². The van der Waals surface area contributed by atoms with Crippen LogP contribution in [0.25, 0.3) is 0 Å². The summed E-state index contributed by atoms with van der Waals surface area (Å²) in [6, 6.07) is 10.0. The lowest BCUT2D eigenvalue weighted by molar-refractivity contribution is -0.134. The zero-order valence-corrected chi connectivity index (χ0v) is 12.2. The van der Waals surface area contributed by atoms with Crippen LogP contribution >= 0.6 is 0 Å². The third-order valence-electron chi connectivity index (χ3n) is 3.99. The van der Waals surface area contributed by atoms with Gasteiger partial charge >= 0.3 is 0 Å². The summed E-state index contributed by atoms with van der Waals surface area (Å²) in [4.78, 5) is 14.3. The Morgan fingerprint density at radius 3 is 2.60 bits per heavy atom. The molecule has 4 nitrogen and oxygen atoms in total. The molecule has 2 N–H and O–H groups in total. The molecule has 1 aromatic rings. The van der Waals surface area contributed by atoms with Gasteiger partial charge in [-0.15, -0.1) is 0 Å². The van der Waals surface area contributed by atoms with Crippen LogP contribution in [0.1, 0.15) is 31.2 Å².